The molecule has 0 fully saturated rings. The molecule has 0 aliphatic heterocycles. The van der Waals surface area contributed by atoms with E-state index in [0.717, 1.165) is 22.4 Å². The summed E-state index contributed by atoms with van der Waals surface area (Å²) in [6, 6.07) is 9.17. The van der Waals surface area contributed by atoms with Crippen molar-refractivity contribution in [2.45, 2.75) is 6.42 Å². The van der Waals surface area contributed by atoms with Gasteiger partial charge in [-0.2, -0.15) is 0 Å². The zero-order valence-electron chi connectivity index (χ0n) is 10.2. The summed E-state index contributed by atoms with van der Waals surface area (Å²) in [6.07, 6.45) is 0.924. The first kappa shape index (κ1) is 13.9. The third-order valence-corrected chi connectivity index (χ3v) is 4.34. The molecule has 1 aromatic carbocycles. The molecule has 0 radical (unpaired) electrons. The quantitative estimate of drug-likeness (QED) is 0.732. The SMILES string of the molecule is NC(=O)c1ccc(NCCc2ccc(Br)s2)c(N)c1. The number of rotatable bonds is 5. The van der Waals surface area contributed by atoms with E-state index in [0.29, 0.717) is 11.3 Å². The minimum Gasteiger partial charge on any atom is -0.397 e. The average Bonchev–Trinajstić information content (AvgIpc) is 2.77. The number of hydrogen-bond donors (Lipinski definition) is 3. The third-order valence-electron chi connectivity index (χ3n) is 2.65. The molecule has 0 unspecified atom stereocenters. The molecule has 0 spiro atoms. The van der Waals surface area contributed by atoms with Crippen molar-refractivity contribution in [1.82, 2.24) is 0 Å². The first-order chi connectivity index (χ1) is 9.06. The second-order valence-corrected chi connectivity index (χ2v) is 6.60. The van der Waals surface area contributed by atoms with E-state index < -0.39 is 5.91 Å². The Morgan fingerprint density at radius 1 is 1.32 bits per heavy atom. The van der Waals surface area contributed by atoms with Crippen molar-refractivity contribution in [2.24, 2.45) is 5.73 Å². The summed E-state index contributed by atoms with van der Waals surface area (Å²) in [6.45, 7) is 0.785. The van der Waals surface area contributed by atoms with Crippen LogP contribution in [0.1, 0.15) is 15.2 Å². The van der Waals surface area contributed by atoms with Gasteiger partial charge in [0.1, 0.15) is 0 Å². The second kappa shape index (κ2) is 6.08. The fourth-order valence-corrected chi connectivity index (χ4v) is 3.17. The lowest BCUT2D eigenvalue weighted by atomic mass is 10.1. The highest BCUT2D eigenvalue weighted by molar-refractivity contribution is 9.11. The number of carbonyl (C=O) groups is 1. The Hall–Kier alpha value is -1.53. The third kappa shape index (κ3) is 3.71. The van der Waals surface area contributed by atoms with Gasteiger partial charge < -0.3 is 16.8 Å². The number of nitrogen functional groups attached to an aromatic ring is 1. The van der Waals surface area contributed by atoms with Crippen LogP contribution in [0.4, 0.5) is 11.4 Å². The van der Waals surface area contributed by atoms with Crippen LogP contribution >= 0.6 is 27.3 Å². The van der Waals surface area contributed by atoms with E-state index >= 15 is 0 Å². The van der Waals surface area contributed by atoms with Gasteiger partial charge in [0.05, 0.1) is 15.2 Å². The molecule has 1 heterocycles. The Balaban J connectivity index is 1.94. The Labute approximate surface area is 123 Å². The molecule has 1 aromatic heterocycles. The van der Waals surface area contributed by atoms with Gasteiger partial charge in [-0.1, -0.05) is 0 Å². The number of nitrogens with one attached hydrogen (secondary N) is 1. The lowest BCUT2D eigenvalue weighted by Gasteiger charge is -2.09. The van der Waals surface area contributed by atoms with Crippen molar-refractivity contribution in [1.29, 1.82) is 0 Å². The molecule has 0 atom stereocenters. The summed E-state index contributed by atoms with van der Waals surface area (Å²) in [5, 5.41) is 3.25. The Kier molecular flexibility index (Phi) is 4.44. The largest absolute Gasteiger partial charge is 0.397 e. The number of benzene rings is 1. The van der Waals surface area contributed by atoms with Crippen LogP contribution in [0, 0.1) is 0 Å². The smallest absolute Gasteiger partial charge is 0.248 e. The van der Waals surface area contributed by atoms with Crippen LogP contribution in [0.3, 0.4) is 0 Å². The highest BCUT2D eigenvalue weighted by Gasteiger charge is 2.04. The topological polar surface area (TPSA) is 81.1 Å². The fraction of sp³-hybridized carbons (Fsp3) is 0.154. The number of thiophene rings is 1. The van der Waals surface area contributed by atoms with E-state index in [1.165, 1.54) is 4.88 Å². The molecule has 0 saturated carbocycles. The Morgan fingerprint density at radius 3 is 2.68 bits per heavy atom. The van der Waals surface area contributed by atoms with Gasteiger partial charge in [-0.15, -0.1) is 11.3 Å². The van der Waals surface area contributed by atoms with Crippen LogP contribution in [0.15, 0.2) is 34.1 Å². The summed E-state index contributed by atoms with van der Waals surface area (Å²) in [5.74, 6) is -0.471. The summed E-state index contributed by atoms with van der Waals surface area (Å²) in [5.41, 5.74) is 12.8. The van der Waals surface area contributed by atoms with Gasteiger partial charge in [0, 0.05) is 17.0 Å². The van der Waals surface area contributed by atoms with Crippen LogP contribution in [0.2, 0.25) is 0 Å². The number of primary amides is 1. The van der Waals surface area contributed by atoms with Gasteiger partial charge in [0.15, 0.2) is 0 Å². The zero-order chi connectivity index (χ0) is 13.8. The fourth-order valence-electron chi connectivity index (χ4n) is 1.68. The first-order valence-electron chi connectivity index (χ1n) is 5.73. The van der Waals surface area contributed by atoms with E-state index in [2.05, 4.69) is 27.3 Å². The molecular formula is C13H14BrN3OS. The lowest BCUT2D eigenvalue weighted by Crippen LogP contribution is -2.12. The van der Waals surface area contributed by atoms with Crippen LogP contribution < -0.4 is 16.8 Å². The van der Waals surface area contributed by atoms with Crippen LogP contribution in [0.5, 0.6) is 0 Å². The first-order valence-corrected chi connectivity index (χ1v) is 7.34. The maximum Gasteiger partial charge on any atom is 0.248 e. The molecule has 0 bridgehead atoms. The van der Waals surface area contributed by atoms with Crippen molar-refractivity contribution in [3.63, 3.8) is 0 Å². The molecule has 0 saturated heterocycles. The summed E-state index contributed by atoms with van der Waals surface area (Å²) < 4.78 is 1.13. The molecule has 100 valence electrons. The minimum absolute atomic E-state index is 0.422. The number of carbonyl (C=O) groups excluding carboxylic acids is 1. The van der Waals surface area contributed by atoms with E-state index in [9.17, 15) is 4.79 Å². The molecule has 19 heavy (non-hydrogen) atoms. The summed E-state index contributed by atoms with van der Waals surface area (Å²) in [4.78, 5) is 12.3. The Bertz CT molecular complexity index is 597. The number of hydrogen-bond acceptors (Lipinski definition) is 4. The molecule has 4 nitrogen and oxygen atoms in total. The highest BCUT2D eigenvalue weighted by Crippen LogP contribution is 2.23. The zero-order valence-corrected chi connectivity index (χ0v) is 12.6. The maximum atomic E-state index is 11.0. The van der Waals surface area contributed by atoms with Crippen molar-refractivity contribution < 1.29 is 4.79 Å². The van der Waals surface area contributed by atoms with Crippen molar-refractivity contribution in [2.75, 3.05) is 17.6 Å². The number of nitrogens with two attached hydrogens (primary N) is 2. The molecule has 0 aliphatic carbocycles. The number of anilines is 2. The standard InChI is InChI=1S/C13H14BrN3OS/c14-12-4-2-9(19-12)5-6-17-11-3-1-8(13(16)18)7-10(11)15/h1-4,7,17H,5-6,15H2,(H2,16,18). The molecule has 2 aromatic rings. The van der Waals surface area contributed by atoms with Crippen LogP contribution in [0.25, 0.3) is 0 Å². The monoisotopic (exact) mass is 339 g/mol. The average molecular weight is 340 g/mol. The van der Waals surface area contributed by atoms with Gasteiger partial charge in [-0.3, -0.25) is 4.79 Å². The van der Waals surface area contributed by atoms with Crippen molar-refractivity contribution in [3.8, 4) is 0 Å². The maximum absolute atomic E-state index is 11.0. The molecule has 6 heteroatoms. The van der Waals surface area contributed by atoms with Gasteiger partial charge in [-0.05, 0) is 52.7 Å². The van der Waals surface area contributed by atoms with E-state index in [1.807, 2.05) is 6.07 Å². The van der Waals surface area contributed by atoms with E-state index in [1.54, 1.807) is 29.5 Å². The van der Waals surface area contributed by atoms with E-state index in [-0.39, 0.29) is 0 Å². The lowest BCUT2D eigenvalue weighted by molar-refractivity contribution is 0.100. The summed E-state index contributed by atoms with van der Waals surface area (Å²) in [7, 11) is 0. The highest BCUT2D eigenvalue weighted by atomic mass is 79.9. The predicted molar refractivity (Wildman–Crippen MR) is 83.6 cm³/mol. The minimum atomic E-state index is -0.471. The van der Waals surface area contributed by atoms with Crippen molar-refractivity contribution in [3.05, 3.63) is 44.6 Å². The van der Waals surface area contributed by atoms with Gasteiger partial charge in [0.25, 0.3) is 0 Å². The summed E-state index contributed by atoms with van der Waals surface area (Å²) >= 11 is 5.15. The molecule has 1 amide bonds. The predicted octanol–water partition coefficient (Wildman–Crippen LogP) is 2.85. The van der Waals surface area contributed by atoms with Gasteiger partial charge in [0.2, 0.25) is 5.91 Å². The second-order valence-electron chi connectivity index (χ2n) is 4.05. The number of amides is 1. The van der Waals surface area contributed by atoms with E-state index in [4.69, 9.17) is 11.5 Å². The van der Waals surface area contributed by atoms with Crippen molar-refractivity contribution >= 4 is 44.5 Å². The normalized spacial score (nSPS) is 10.4. The van der Waals surface area contributed by atoms with Crippen LogP contribution in [-0.2, 0) is 6.42 Å². The molecule has 0 aliphatic rings. The molecular weight excluding hydrogens is 326 g/mol. The Morgan fingerprint density at radius 2 is 2.11 bits per heavy atom. The molecule has 5 N–H and O–H groups in total. The number of halogens is 1. The van der Waals surface area contributed by atoms with Crippen LogP contribution in [-0.4, -0.2) is 12.5 Å². The molecule has 2 rings (SSSR count). The van der Waals surface area contributed by atoms with Gasteiger partial charge in [-0.25, -0.2) is 0 Å². The van der Waals surface area contributed by atoms with Gasteiger partial charge >= 0.3 is 0 Å².